The monoisotopic (exact) mass is 343 g/mol. The third-order valence-corrected chi connectivity index (χ3v) is 4.64. The van der Waals surface area contributed by atoms with Gasteiger partial charge in [0.15, 0.2) is 0 Å². The van der Waals surface area contributed by atoms with E-state index >= 15 is 0 Å². The molecular formula is C20H29N3O2. The van der Waals surface area contributed by atoms with E-state index in [1.54, 1.807) is 0 Å². The zero-order valence-corrected chi connectivity index (χ0v) is 15.4. The summed E-state index contributed by atoms with van der Waals surface area (Å²) in [5.41, 5.74) is 6.76. The lowest BCUT2D eigenvalue weighted by Gasteiger charge is -2.11. The molecule has 0 bridgehead atoms. The van der Waals surface area contributed by atoms with Crippen LogP contribution in [-0.2, 0) is 9.59 Å². The fourth-order valence-electron chi connectivity index (χ4n) is 2.89. The SMILES string of the molecule is Cc1ccc(NC(=O)CCC(=O)NN=C2CCCCCCC2)cc1C. The van der Waals surface area contributed by atoms with Gasteiger partial charge in [0.2, 0.25) is 11.8 Å². The van der Waals surface area contributed by atoms with Crippen molar-refractivity contribution in [1.82, 2.24) is 5.43 Å². The highest BCUT2D eigenvalue weighted by molar-refractivity contribution is 5.93. The van der Waals surface area contributed by atoms with Crippen molar-refractivity contribution in [2.24, 2.45) is 5.10 Å². The van der Waals surface area contributed by atoms with Crippen molar-refractivity contribution >= 4 is 23.2 Å². The van der Waals surface area contributed by atoms with Gasteiger partial charge in [0, 0.05) is 24.2 Å². The molecule has 0 unspecified atom stereocenters. The van der Waals surface area contributed by atoms with E-state index in [9.17, 15) is 9.59 Å². The maximum absolute atomic E-state index is 12.0. The van der Waals surface area contributed by atoms with E-state index in [1.165, 1.54) is 24.8 Å². The molecule has 0 aromatic heterocycles. The molecule has 2 amide bonds. The lowest BCUT2D eigenvalue weighted by atomic mass is 9.99. The number of hydrogen-bond acceptors (Lipinski definition) is 3. The maximum atomic E-state index is 12.0. The third-order valence-electron chi connectivity index (χ3n) is 4.64. The quantitative estimate of drug-likeness (QED) is 0.785. The van der Waals surface area contributed by atoms with Crippen LogP contribution in [0.1, 0.15) is 68.9 Å². The number of aryl methyl sites for hydroxylation is 2. The summed E-state index contributed by atoms with van der Waals surface area (Å²) >= 11 is 0. The molecule has 136 valence electrons. The normalized spacial score (nSPS) is 15.0. The van der Waals surface area contributed by atoms with Crippen LogP contribution in [0.2, 0.25) is 0 Å². The molecule has 2 N–H and O–H groups in total. The molecule has 1 aromatic carbocycles. The molecule has 0 spiro atoms. The van der Waals surface area contributed by atoms with Crippen LogP contribution in [0.3, 0.4) is 0 Å². The third kappa shape index (κ3) is 7.08. The molecule has 5 heteroatoms. The highest BCUT2D eigenvalue weighted by Crippen LogP contribution is 2.15. The van der Waals surface area contributed by atoms with Gasteiger partial charge in [-0.3, -0.25) is 9.59 Å². The van der Waals surface area contributed by atoms with Gasteiger partial charge in [-0.25, -0.2) is 5.43 Å². The Labute approximate surface area is 150 Å². The van der Waals surface area contributed by atoms with Gasteiger partial charge in [-0.05, 0) is 62.8 Å². The Bertz CT molecular complexity index is 628. The van der Waals surface area contributed by atoms with Gasteiger partial charge in [0.05, 0.1) is 0 Å². The summed E-state index contributed by atoms with van der Waals surface area (Å²) in [6.07, 6.45) is 8.31. The lowest BCUT2D eigenvalue weighted by Crippen LogP contribution is -2.22. The van der Waals surface area contributed by atoms with Crippen molar-refractivity contribution < 1.29 is 9.59 Å². The molecule has 1 aliphatic carbocycles. The van der Waals surface area contributed by atoms with Gasteiger partial charge in [-0.1, -0.05) is 25.3 Å². The zero-order chi connectivity index (χ0) is 18.1. The van der Waals surface area contributed by atoms with Crippen molar-refractivity contribution in [3.05, 3.63) is 29.3 Å². The Morgan fingerprint density at radius 2 is 1.56 bits per heavy atom. The number of nitrogens with one attached hydrogen (secondary N) is 2. The minimum absolute atomic E-state index is 0.146. The first-order chi connectivity index (χ1) is 12.0. The van der Waals surface area contributed by atoms with Crippen molar-refractivity contribution in [2.75, 3.05) is 5.32 Å². The Kier molecular flexibility index (Phi) is 7.64. The minimum atomic E-state index is -0.204. The van der Waals surface area contributed by atoms with E-state index in [-0.39, 0.29) is 24.7 Å². The van der Waals surface area contributed by atoms with E-state index in [0.29, 0.717) is 0 Å². The summed E-state index contributed by atoms with van der Waals surface area (Å²) < 4.78 is 0. The molecule has 0 aliphatic heterocycles. The molecular weight excluding hydrogens is 314 g/mol. The first-order valence-electron chi connectivity index (χ1n) is 9.26. The second-order valence-electron chi connectivity index (χ2n) is 6.83. The van der Waals surface area contributed by atoms with Gasteiger partial charge >= 0.3 is 0 Å². The molecule has 0 saturated heterocycles. The summed E-state index contributed by atoms with van der Waals surface area (Å²) in [5, 5.41) is 7.08. The van der Waals surface area contributed by atoms with Crippen LogP contribution in [0, 0.1) is 13.8 Å². The van der Waals surface area contributed by atoms with Crippen LogP contribution >= 0.6 is 0 Å². The summed E-state index contributed by atoms with van der Waals surface area (Å²) in [6.45, 7) is 4.04. The van der Waals surface area contributed by atoms with Crippen molar-refractivity contribution in [2.45, 2.75) is 71.6 Å². The second-order valence-corrected chi connectivity index (χ2v) is 6.83. The van der Waals surface area contributed by atoms with E-state index in [0.717, 1.165) is 42.6 Å². The van der Waals surface area contributed by atoms with Gasteiger partial charge < -0.3 is 5.32 Å². The predicted octanol–water partition coefficient (Wildman–Crippen LogP) is 4.24. The average Bonchev–Trinajstić information content (AvgIpc) is 2.55. The number of rotatable bonds is 5. The van der Waals surface area contributed by atoms with Crippen LogP contribution in [0.15, 0.2) is 23.3 Å². The molecule has 0 atom stereocenters. The Morgan fingerprint density at radius 3 is 2.24 bits per heavy atom. The Hall–Kier alpha value is -2.17. The molecule has 1 aromatic rings. The number of nitrogens with zero attached hydrogens (tertiary/aromatic N) is 1. The topological polar surface area (TPSA) is 70.6 Å². The van der Waals surface area contributed by atoms with E-state index in [2.05, 4.69) is 15.8 Å². The number of carbonyl (C=O) groups is 2. The molecule has 1 saturated carbocycles. The lowest BCUT2D eigenvalue weighted by molar-refractivity contribution is -0.124. The number of hydrazone groups is 1. The summed E-state index contributed by atoms with van der Waals surface area (Å²) in [7, 11) is 0. The molecule has 0 heterocycles. The molecule has 5 nitrogen and oxygen atoms in total. The largest absolute Gasteiger partial charge is 0.326 e. The van der Waals surface area contributed by atoms with Crippen LogP contribution in [0.5, 0.6) is 0 Å². The second kappa shape index (κ2) is 9.97. The van der Waals surface area contributed by atoms with E-state index in [4.69, 9.17) is 0 Å². The number of hydrogen-bond donors (Lipinski definition) is 2. The fourth-order valence-corrected chi connectivity index (χ4v) is 2.89. The number of amides is 2. The highest BCUT2D eigenvalue weighted by Gasteiger charge is 2.09. The summed E-state index contributed by atoms with van der Waals surface area (Å²) in [5.74, 6) is -0.359. The number of anilines is 1. The van der Waals surface area contributed by atoms with Crippen molar-refractivity contribution in [1.29, 1.82) is 0 Å². The number of carbonyl (C=O) groups excluding carboxylic acids is 2. The van der Waals surface area contributed by atoms with Crippen LogP contribution in [0.25, 0.3) is 0 Å². The molecule has 1 aliphatic rings. The van der Waals surface area contributed by atoms with Gasteiger partial charge in [0.1, 0.15) is 0 Å². The molecule has 1 fully saturated rings. The minimum Gasteiger partial charge on any atom is -0.326 e. The van der Waals surface area contributed by atoms with E-state index < -0.39 is 0 Å². The highest BCUT2D eigenvalue weighted by atomic mass is 16.2. The van der Waals surface area contributed by atoms with Crippen LogP contribution in [-0.4, -0.2) is 17.5 Å². The summed E-state index contributed by atoms with van der Waals surface area (Å²) in [4.78, 5) is 23.9. The maximum Gasteiger partial charge on any atom is 0.240 e. The number of benzene rings is 1. The summed E-state index contributed by atoms with van der Waals surface area (Å²) in [6, 6.07) is 5.79. The van der Waals surface area contributed by atoms with E-state index in [1.807, 2.05) is 32.0 Å². The van der Waals surface area contributed by atoms with Gasteiger partial charge in [0.25, 0.3) is 0 Å². The molecule has 2 rings (SSSR count). The van der Waals surface area contributed by atoms with Gasteiger partial charge in [-0.15, -0.1) is 0 Å². The molecule has 25 heavy (non-hydrogen) atoms. The smallest absolute Gasteiger partial charge is 0.240 e. The Morgan fingerprint density at radius 1 is 0.920 bits per heavy atom. The standard InChI is InChI=1S/C20H29N3O2/c1-15-10-11-18(14-16(15)2)21-19(24)12-13-20(25)23-22-17-8-6-4-3-5-7-9-17/h10-11,14H,3-9,12-13H2,1-2H3,(H,21,24)(H,23,25). The van der Waals surface area contributed by atoms with Crippen LogP contribution < -0.4 is 10.7 Å². The van der Waals surface area contributed by atoms with Gasteiger partial charge in [-0.2, -0.15) is 5.10 Å². The first-order valence-corrected chi connectivity index (χ1v) is 9.26. The van der Waals surface area contributed by atoms with Crippen LogP contribution in [0.4, 0.5) is 5.69 Å². The Balaban J connectivity index is 1.73. The predicted molar refractivity (Wildman–Crippen MR) is 102 cm³/mol. The average molecular weight is 343 g/mol. The fraction of sp³-hybridized carbons (Fsp3) is 0.550. The molecule has 0 radical (unpaired) electrons. The van der Waals surface area contributed by atoms with Crippen molar-refractivity contribution in [3.8, 4) is 0 Å². The van der Waals surface area contributed by atoms with Crippen molar-refractivity contribution in [3.63, 3.8) is 0 Å². The zero-order valence-electron chi connectivity index (χ0n) is 15.4. The first kappa shape index (κ1) is 19.2.